The van der Waals surface area contributed by atoms with E-state index >= 15 is 0 Å². The molecule has 3 rings (SSSR count). The summed E-state index contributed by atoms with van der Waals surface area (Å²) in [5.74, 6) is 2.25. The number of ether oxygens (including phenoxy) is 2. The summed E-state index contributed by atoms with van der Waals surface area (Å²) in [5, 5.41) is 0.697. The highest BCUT2D eigenvalue weighted by atomic mass is 35.5. The highest BCUT2D eigenvalue weighted by molar-refractivity contribution is 6.30. The van der Waals surface area contributed by atoms with E-state index in [4.69, 9.17) is 21.1 Å². The number of rotatable bonds is 6. The minimum absolute atomic E-state index is 0.682. The monoisotopic (exact) mass is 317 g/mol. The summed E-state index contributed by atoms with van der Waals surface area (Å²) in [6, 6.07) is 15.1. The first-order chi connectivity index (χ1) is 10.8. The van der Waals surface area contributed by atoms with Crippen molar-refractivity contribution in [3.8, 4) is 17.2 Å². The van der Waals surface area contributed by atoms with Crippen LogP contribution in [-0.4, -0.2) is 31.1 Å². The fourth-order valence-electron chi connectivity index (χ4n) is 2.57. The van der Waals surface area contributed by atoms with Crippen LogP contribution in [0.1, 0.15) is 12.8 Å². The van der Waals surface area contributed by atoms with Gasteiger partial charge in [-0.1, -0.05) is 23.7 Å². The number of likely N-dealkylation sites (tertiary alicyclic amines) is 1. The molecular weight excluding hydrogens is 298 g/mol. The van der Waals surface area contributed by atoms with Gasteiger partial charge in [0.15, 0.2) is 11.5 Å². The standard InChI is InChI=1S/C18H20ClNO2/c19-15-7-9-16(10-8-15)22-18-6-2-1-5-17(18)21-14-13-20-11-3-4-12-20/h1-2,5-10H,3-4,11-14H2. The molecule has 1 aliphatic heterocycles. The molecule has 0 spiro atoms. The lowest BCUT2D eigenvalue weighted by Crippen LogP contribution is -2.25. The Kier molecular flexibility index (Phi) is 5.20. The zero-order chi connectivity index (χ0) is 15.2. The maximum absolute atomic E-state index is 5.90. The van der Waals surface area contributed by atoms with Crippen molar-refractivity contribution in [3.63, 3.8) is 0 Å². The average Bonchev–Trinajstić information content (AvgIpc) is 3.05. The molecule has 4 heteroatoms. The van der Waals surface area contributed by atoms with Crippen molar-refractivity contribution in [1.29, 1.82) is 0 Å². The second-order valence-corrected chi connectivity index (χ2v) is 5.84. The molecule has 1 fully saturated rings. The molecule has 0 bridgehead atoms. The summed E-state index contributed by atoms with van der Waals surface area (Å²) in [7, 11) is 0. The van der Waals surface area contributed by atoms with E-state index in [0.717, 1.165) is 23.8 Å². The highest BCUT2D eigenvalue weighted by Crippen LogP contribution is 2.31. The van der Waals surface area contributed by atoms with E-state index in [-0.39, 0.29) is 0 Å². The van der Waals surface area contributed by atoms with E-state index in [1.54, 1.807) is 0 Å². The molecule has 0 amide bonds. The Labute approximate surface area is 136 Å². The minimum atomic E-state index is 0.682. The molecule has 116 valence electrons. The van der Waals surface area contributed by atoms with Crippen LogP contribution in [0.4, 0.5) is 0 Å². The summed E-state index contributed by atoms with van der Waals surface area (Å²) >= 11 is 5.89. The lowest BCUT2D eigenvalue weighted by atomic mass is 10.3. The van der Waals surface area contributed by atoms with Gasteiger partial charge in [0.25, 0.3) is 0 Å². The van der Waals surface area contributed by atoms with Gasteiger partial charge in [-0.25, -0.2) is 0 Å². The normalized spacial score (nSPS) is 15.0. The third kappa shape index (κ3) is 4.15. The molecule has 0 unspecified atom stereocenters. The fourth-order valence-corrected chi connectivity index (χ4v) is 2.70. The van der Waals surface area contributed by atoms with Crippen LogP contribution in [0, 0.1) is 0 Å². The number of nitrogens with zero attached hydrogens (tertiary/aromatic N) is 1. The van der Waals surface area contributed by atoms with Gasteiger partial charge in [-0.05, 0) is 62.3 Å². The minimum Gasteiger partial charge on any atom is -0.488 e. The van der Waals surface area contributed by atoms with E-state index in [9.17, 15) is 0 Å². The first-order valence-electron chi connectivity index (χ1n) is 7.69. The smallest absolute Gasteiger partial charge is 0.169 e. The van der Waals surface area contributed by atoms with Gasteiger partial charge in [0.05, 0.1) is 0 Å². The second kappa shape index (κ2) is 7.52. The van der Waals surface area contributed by atoms with Gasteiger partial charge in [0.2, 0.25) is 0 Å². The summed E-state index contributed by atoms with van der Waals surface area (Å²) in [6.45, 7) is 4.02. The topological polar surface area (TPSA) is 21.7 Å². The molecule has 0 aliphatic carbocycles. The summed E-state index contributed by atoms with van der Waals surface area (Å²) in [4.78, 5) is 2.43. The zero-order valence-corrected chi connectivity index (χ0v) is 13.3. The Hall–Kier alpha value is -1.71. The van der Waals surface area contributed by atoms with Gasteiger partial charge >= 0.3 is 0 Å². The molecular formula is C18H20ClNO2. The molecule has 22 heavy (non-hydrogen) atoms. The lowest BCUT2D eigenvalue weighted by Gasteiger charge is -2.16. The van der Waals surface area contributed by atoms with Crippen molar-refractivity contribution in [2.45, 2.75) is 12.8 Å². The highest BCUT2D eigenvalue weighted by Gasteiger charge is 2.12. The Bertz CT molecular complexity index is 594. The molecule has 0 atom stereocenters. The molecule has 3 nitrogen and oxygen atoms in total. The first-order valence-corrected chi connectivity index (χ1v) is 8.07. The van der Waals surface area contributed by atoms with Gasteiger partial charge in [0.1, 0.15) is 12.4 Å². The number of hydrogen-bond donors (Lipinski definition) is 0. The summed E-state index contributed by atoms with van der Waals surface area (Å²) in [6.07, 6.45) is 2.60. The molecule has 0 N–H and O–H groups in total. The lowest BCUT2D eigenvalue weighted by molar-refractivity contribution is 0.232. The molecule has 2 aromatic rings. The van der Waals surface area contributed by atoms with E-state index in [1.807, 2.05) is 48.5 Å². The number of hydrogen-bond acceptors (Lipinski definition) is 3. The maximum atomic E-state index is 5.90. The predicted molar refractivity (Wildman–Crippen MR) is 89.1 cm³/mol. The van der Waals surface area contributed by atoms with Crippen molar-refractivity contribution in [1.82, 2.24) is 4.90 Å². The van der Waals surface area contributed by atoms with Crippen LogP contribution >= 0.6 is 11.6 Å². The zero-order valence-electron chi connectivity index (χ0n) is 12.5. The van der Waals surface area contributed by atoms with Crippen molar-refractivity contribution >= 4 is 11.6 Å². The van der Waals surface area contributed by atoms with Crippen LogP contribution < -0.4 is 9.47 Å². The van der Waals surface area contributed by atoms with Crippen molar-refractivity contribution in [2.75, 3.05) is 26.2 Å². The Balaban J connectivity index is 1.60. The van der Waals surface area contributed by atoms with Gasteiger partial charge in [-0.2, -0.15) is 0 Å². The Morgan fingerprint density at radius 3 is 2.32 bits per heavy atom. The van der Waals surface area contributed by atoms with Crippen LogP contribution in [0.25, 0.3) is 0 Å². The molecule has 0 aromatic heterocycles. The van der Waals surface area contributed by atoms with Crippen LogP contribution in [0.5, 0.6) is 17.2 Å². The molecule has 0 radical (unpaired) electrons. The average molecular weight is 318 g/mol. The summed E-state index contributed by atoms with van der Waals surface area (Å²) in [5.41, 5.74) is 0. The van der Waals surface area contributed by atoms with Crippen LogP contribution in [0.15, 0.2) is 48.5 Å². The maximum Gasteiger partial charge on any atom is 0.169 e. The molecule has 1 heterocycles. The molecule has 1 saturated heterocycles. The third-order valence-electron chi connectivity index (χ3n) is 3.75. The van der Waals surface area contributed by atoms with Gasteiger partial charge in [-0.3, -0.25) is 4.90 Å². The predicted octanol–water partition coefficient (Wildman–Crippen LogP) is 4.61. The van der Waals surface area contributed by atoms with Crippen LogP contribution in [0.3, 0.4) is 0 Å². The van der Waals surface area contributed by atoms with Crippen LogP contribution in [-0.2, 0) is 0 Å². The van der Waals surface area contributed by atoms with E-state index in [1.165, 1.54) is 25.9 Å². The van der Waals surface area contributed by atoms with E-state index in [0.29, 0.717) is 11.6 Å². The fraction of sp³-hybridized carbons (Fsp3) is 0.333. The molecule has 2 aromatic carbocycles. The van der Waals surface area contributed by atoms with Crippen molar-refractivity contribution in [3.05, 3.63) is 53.6 Å². The Morgan fingerprint density at radius 2 is 1.59 bits per heavy atom. The van der Waals surface area contributed by atoms with Crippen molar-refractivity contribution in [2.24, 2.45) is 0 Å². The SMILES string of the molecule is Clc1ccc(Oc2ccccc2OCCN2CCCC2)cc1. The molecule has 1 aliphatic rings. The largest absolute Gasteiger partial charge is 0.488 e. The second-order valence-electron chi connectivity index (χ2n) is 5.40. The van der Waals surface area contributed by atoms with E-state index in [2.05, 4.69) is 4.90 Å². The van der Waals surface area contributed by atoms with Gasteiger partial charge in [0, 0.05) is 11.6 Å². The first kappa shape index (κ1) is 15.2. The van der Waals surface area contributed by atoms with Crippen LogP contribution in [0.2, 0.25) is 5.02 Å². The summed E-state index contributed by atoms with van der Waals surface area (Å²) < 4.78 is 11.8. The van der Waals surface area contributed by atoms with Gasteiger partial charge < -0.3 is 9.47 Å². The number of halogens is 1. The third-order valence-corrected chi connectivity index (χ3v) is 4.01. The van der Waals surface area contributed by atoms with E-state index < -0.39 is 0 Å². The molecule has 0 saturated carbocycles. The quantitative estimate of drug-likeness (QED) is 0.776. The Morgan fingerprint density at radius 1 is 0.909 bits per heavy atom. The number of para-hydroxylation sites is 2. The van der Waals surface area contributed by atoms with Crippen molar-refractivity contribution < 1.29 is 9.47 Å². The van der Waals surface area contributed by atoms with Gasteiger partial charge in [-0.15, -0.1) is 0 Å². The number of benzene rings is 2.